The number of carbonyl (C=O) groups excluding carboxylic acids is 4. The van der Waals surface area contributed by atoms with Crippen LogP contribution >= 0.6 is 0 Å². The molecule has 2 fully saturated rings. The van der Waals surface area contributed by atoms with Crippen LogP contribution in [-0.4, -0.2) is 93.1 Å². The average molecular weight is 852 g/mol. The predicted molar refractivity (Wildman–Crippen MR) is 237 cm³/mol. The lowest BCUT2D eigenvalue weighted by Gasteiger charge is -2.30. The van der Waals surface area contributed by atoms with Gasteiger partial charge in [-0.1, -0.05) is 82.1 Å². The molecule has 0 radical (unpaired) electrons. The predicted octanol–water partition coefficient (Wildman–Crippen LogP) is 7.20. The number of imidazole rings is 2. The van der Waals surface area contributed by atoms with E-state index in [0.717, 1.165) is 69.5 Å². The molecule has 1 saturated carbocycles. The molecule has 3 aromatic carbocycles. The summed E-state index contributed by atoms with van der Waals surface area (Å²) in [5.41, 5.74) is 5.65. The first-order valence-corrected chi connectivity index (χ1v) is 21.1. The molecule has 4 amide bonds. The van der Waals surface area contributed by atoms with Gasteiger partial charge in [0.1, 0.15) is 29.7 Å². The van der Waals surface area contributed by atoms with Gasteiger partial charge in [-0.25, -0.2) is 19.6 Å². The van der Waals surface area contributed by atoms with Gasteiger partial charge in [0.15, 0.2) is 0 Å². The number of likely N-dealkylation sites (tertiary alicyclic amines) is 1. The van der Waals surface area contributed by atoms with Gasteiger partial charge in [0.05, 0.1) is 56.7 Å². The Morgan fingerprint density at radius 2 is 1.41 bits per heavy atom. The standard InChI is InChI=1S/C48H53N9O6/c1-8-30(22-49)25-56(44(58)41(28(2)3)54-46(60)62-6)26-40-50-23-37(52-40)32-11-9-31(10-12-32)33-13-14-35-20-36(16-15-34(35)19-33)38-24-51-43(53-38)39-21-48(17-18-48)27-57(39)45(59)42(29(4)5)55-47(61)63-7/h1,9-16,19-20,23-24,28-30,39,41-42H,17-18,21,25-27H2,2-7H3,(H,50,52)(H,51,53)(H,54,60)(H,55,61)/t30-,39+,41+,42+/m1/s1. The molecule has 15 heteroatoms. The van der Waals surface area contributed by atoms with Crippen molar-refractivity contribution < 1.29 is 28.7 Å². The highest BCUT2D eigenvalue weighted by Crippen LogP contribution is 2.58. The summed E-state index contributed by atoms with van der Waals surface area (Å²) in [5.74, 6) is 1.88. The third kappa shape index (κ3) is 9.68. The molecule has 63 heavy (non-hydrogen) atoms. The first kappa shape index (κ1) is 43.9. The van der Waals surface area contributed by atoms with Gasteiger partial charge in [0.2, 0.25) is 11.8 Å². The van der Waals surface area contributed by atoms with Gasteiger partial charge in [-0.15, -0.1) is 6.42 Å². The van der Waals surface area contributed by atoms with Gasteiger partial charge >= 0.3 is 12.2 Å². The molecule has 15 nitrogen and oxygen atoms in total. The summed E-state index contributed by atoms with van der Waals surface area (Å²) in [5, 5.41) is 17.0. The molecule has 3 heterocycles. The van der Waals surface area contributed by atoms with Gasteiger partial charge in [-0.05, 0) is 76.1 Å². The summed E-state index contributed by atoms with van der Waals surface area (Å²) >= 11 is 0. The maximum absolute atomic E-state index is 13.9. The molecule has 4 N–H and O–H groups in total. The Bertz CT molecular complexity index is 2560. The van der Waals surface area contributed by atoms with Crippen molar-refractivity contribution in [2.45, 2.75) is 71.6 Å². The van der Waals surface area contributed by atoms with E-state index in [1.807, 2.05) is 55.3 Å². The first-order valence-electron chi connectivity index (χ1n) is 21.1. The summed E-state index contributed by atoms with van der Waals surface area (Å²) in [4.78, 5) is 71.2. The van der Waals surface area contributed by atoms with Crippen LogP contribution in [0, 0.1) is 46.8 Å². The Morgan fingerprint density at radius 3 is 2.02 bits per heavy atom. The number of aromatic nitrogens is 4. The molecule has 2 aliphatic rings. The lowest BCUT2D eigenvalue weighted by molar-refractivity contribution is -0.136. The largest absolute Gasteiger partial charge is 0.453 e. The summed E-state index contributed by atoms with van der Waals surface area (Å²) in [7, 11) is 2.52. The third-order valence-corrected chi connectivity index (χ3v) is 12.2. The number of ether oxygens (including phenoxy) is 2. The highest BCUT2D eigenvalue weighted by atomic mass is 16.5. The highest BCUT2D eigenvalue weighted by Gasteiger charge is 2.55. The van der Waals surface area contributed by atoms with E-state index in [4.69, 9.17) is 20.9 Å². The topological polar surface area (TPSA) is 198 Å². The van der Waals surface area contributed by atoms with Gasteiger partial charge in [-0.2, -0.15) is 5.26 Å². The molecule has 4 atom stereocenters. The summed E-state index contributed by atoms with van der Waals surface area (Å²) < 4.78 is 9.54. The van der Waals surface area contributed by atoms with Crippen LogP contribution in [0.3, 0.4) is 0 Å². The van der Waals surface area contributed by atoms with Crippen LogP contribution in [0.15, 0.2) is 73.1 Å². The molecular weight excluding hydrogens is 799 g/mol. The van der Waals surface area contributed by atoms with E-state index in [9.17, 15) is 24.4 Å². The highest BCUT2D eigenvalue weighted by molar-refractivity contribution is 5.91. The molecule has 7 rings (SSSR count). The van der Waals surface area contributed by atoms with E-state index in [1.165, 1.54) is 19.1 Å². The molecule has 1 spiro atoms. The number of alkyl carbamates (subject to hydrolysis) is 2. The number of hydrogen-bond acceptors (Lipinski definition) is 9. The fraction of sp³-hybridized carbons (Fsp3) is 0.396. The van der Waals surface area contributed by atoms with Crippen LogP contribution in [0.5, 0.6) is 0 Å². The third-order valence-electron chi connectivity index (χ3n) is 12.2. The Kier molecular flexibility index (Phi) is 12.9. The van der Waals surface area contributed by atoms with E-state index in [-0.39, 0.29) is 42.3 Å². The first-order chi connectivity index (χ1) is 30.2. The van der Waals surface area contributed by atoms with Crippen molar-refractivity contribution in [1.29, 1.82) is 5.26 Å². The fourth-order valence-electron chi connectivity index (χ4n) is 8.29. The van der Waals surface area contributed by atoms with Crippen LogP contribution in [0.25, 0.3) is 44.4 Å². The second kappa shape index (κ2) is 18.5. The Hall–Kier alpha value is -7.13. The van der Waals surface area contributed by atoms with Crippen molar-refractivity contribution in [2.24, 2.45) is 23.2 Å². The molecule has 0 bridgehead atoms. The van der Waals surface area contributed by atoms with E-state index >= 15 is 0 Å². The van der Waals surface area contributed by atoms with E-state index in [2.05, 4.69) is 67.9 Å². The van der Waals surface area contributed by atoms with Crippen molar-refractivity contribution >= 4 is 34.8 Å². The minimum atomic E-state index is -0.898. The van der Waals surface area contributed by atoms with E-state index in [1.54, 1.807) is 20.0 Å². The number of H-pyrrole nitrogens is 2. The average Bonchev–Trinajstić information content (AvgIpc) is 3.60. The number of terminal acetylenes is 1. The van der Waals surface area contributed by atoms with Gasteiger partial charge in [0.25, 0.3) is 0 Å². The number of rotatable bonds is 14. The SMILES string of the molecule is C#C[C@H](C#N)CN(Cc1ncc(-c2ccc(-c3ccc4cc(-c5cnc([C@@H]6CC7(CC7)CN6C(=O)[C@@H](NC(=O)OC)C(C)C)[nH]5)ccc4c3)cc2)[nH]1)C(=O)[C@@H](NC(=O)OC)C(C)C. The van der Waals surface area contributed by atoms with Crippen molar-refractivity contribution in [3.05, 3.63) is 84.7 Å². The van der Waals surface area contributed by atoms with Crippen molar-refractivity contribution in [1.82, 2.24) is 40.4 Å². The number of hydrogen-bond donors (Lipinski definition) is 4. The number of methoxy groups -OCH3 is 2. The summed E-state index contributed by atoms with van der Waals surface area (Å²) in [6.07, 6.45) is 10.7. The van der Waals surface area contributed by atoms with Gasteiger partial charge in [-0.3, -0.25) is 9.59 Å². The number of benzene rings is 3. The maximum Gasteiger partial charge on any atom is 0.407 e. The Morgan fingerprint density at radius 1 is 0.841 bits per heavy atom. The minimum Gasteiger partial charge on any atom is -0.453 e. The lowest BCUT2D eigenvalue weighted by Crippen LogP contribution is -2.52. The van der Waals surface area contributed by atoms with Crippen LogP contribution in [0.1, 0.15) is 64.6 Å². The second-order valence-corrected chi connectivity index (χ2v) is 17.2. The quantitative estimate of drug-likeness (QED) is 0.0835. The number of amides is 4. The second-order valence-electron chi connectivity index (χ2n) is 17.2. The summed E-state index contributed by atoms with van der Waals surface area (Å²) in [6.45, 7) is 8.08. The molecule has 326 valence electrons. The van der Waals surface area contributed by atoms with Crippen LogP contribution in [0.2, 0.25) is 0 Å². The van der Waals surface area contributed by atoms with Gasteiger partial charge < -0.3 is 39.9 Å². The van der Waals surface area contributed by atoms with Crippen molar-refractivity contribution in [2.75, 3.05) is 27.3 Å². The maximum atomic E-state index is 13.9. The molecular formula is C48H53N9O6. The van der Waals surface area contributed by atoms with Crippen molar-refractivity contribution in [3.8, 4) is 52.1 Å². The zero-order valence-electron chi connectivity index (χ0n) is 36.4. The molecule has 2 aromatic heterocycles. The van der Waals surface area contributed by atoms with Crippen LogP contribution < -0.4 is 10.6 Å². The van der Waals surface area contributed by atoms with Gasteiger partial charge in [0, 0.05) is 18.7 Å². The number of nitriles is 1. The van der Waals surface area contributed by atoms with Crippen LogP contribution in [-0.2, 0) is 25.6 Å². The smallest absolute Gasteiger partial charge is 0.407 e. The van der Waals surface area contributed by atoms with Crippen LogP contribution in [0.4, 0.5) is 9.59 Å². The number of fused-ring (bicyclic) bond motifs is 1. The minimum absolute atomic E-state index is 0.0398. The zero-order valence-corrected chi connectivity index (χ0v) is 36.4. The van der Waals surface area contributed by atoms with Crippen molar-refractivity contribution in [3.63, 3.8) is 0 Å². The molecule has 5 aromatic rings. The Balaban J connectivity index is 1.04. The number of nitrogens with one attached hydrogen (secondary N) is 4. The number of carbonyl (C=O) groups is 4. The zero-order chi connectivity index (χ0) is 45.0. The lowest BCUT2D eigenvalue weighted by atomic mass is 9.98. The molecule has 1 aliphatic carbocycles. The number of aromatic amines is 2. The number of nitrogens with zero attached hydrogens (tertiary/aromatic N) is 5. The van der Waals surface area contributed by atoms with E-state index in [0.29, 0.717) is 12.4 Å². The normalized spacial score (nSPS) is 16.5. The molecule has 0 unspecified atom stereocenters. The monoisotopic (exact) mass is 851 g/mol. The molecule has 1 saturated heterocycles. The van der Waals surface area contributed by atoms with E-state index < -0.39 is 36.1 Å². The molecule has 1 aliphatic heterocycles. The Labute approximate surface area is 367 Å². The summed E-state index contributed by atoms with van der Waals surface area (Å²) in [6, 6.07) is 20.9. The fourth-order valence-corrected chi connectivity index (χ4v) is 8.29.